The second kappa shape index (κ2) is 5.54. The molecule has 0 saturated heterocycles. The topological polar surface area (TPSA) is 62.3 Å². The first kappa shape index (κ1) is 13.0. The molecule has 3 aromatic rings. The number of carboxylic acids is 1. The Bertz CT molecular complexity index is 745. The normalized spacial score (nSPS) is 10.3. The number of carboxylic acid groups (broad SMARTS) is 1. The molecule has 0 unspecified atom stereocenters. The standard InChI is InChI=1S/C17H13NO3/c19-17(20)16-10-13(11-18-16)12-6-8-15(9-7-12)21-14-4-2-1-3-5-14/h1-11,18H,(H,19,20). The molecule has 104 valence electrons. The van der Waals surface area contributed by atoms with Crippen LogP contribution in [0.2, 0.25) is 0 Å². The number of benzene rings is 2. The Kier molecular flexibility index (Phi) is 3.43. The number of nitrogens with one attached hydrogen (secondary N) is 1. The predicted octanol–water partition coefficient (Wildman–Crippen LogP) is 4.17. The van der Waals surface area contributed by atoms with Crippen molar-refractivity contribution in [3.05, 3.63) is 72.6 Å². The average molecular weight is 279 g/mol. The zero-order valence-electron chi connectivity index (χ0n) is 11.1. The summed E-state index contributed by atoms with van der Waals surface area (Å²) in [5, 5.41) is 8.90. The monoisotopic (exact) mass is 279 g/mol. The Labute approximate surface area is 121 Å². The van der Waals surface area contributed by atoms with Crippen LogP contribution in [0.3, 0.4) is 0 Å². The third-order valence-corrected chi connectivity index (χ3v) is 3.08. The summed E-state index contributed by atoms with van der Waals surface area (Å²) in [4.78, 5) is 13.6. The molecule has 0 fully saturated rings. The third-order valence-electron chi connectivity index (χ3n) is 3.08. The maximum atomic E-state index is 10.9. The van der Waals surface area contributed by atoms with Gasteiger partial charge in [0, 0.05) is 6.20 Å². The van der Waals surface area contributed by atoms with Crippen molar-refractivity contribution in [3.8, 4) is 22.6 Å². The Morgan fingerprint density at radius 2 is 1.57 bits per heavy atom. The fourth-order valence-electron chi connectivity index (χ4n) is 2.02. The van der Waals surface area contributed by atoms with E-state index in [1.807, 2.05) is 54.6 Å². The molecule has 21 heavy (non-hydrogen) atoms. The molecule has 0 amide bonds. The zero-order chi connectivity index (χ0) is 14.7. The summed E-state index contributed by atoms with van der Waals surface area (Å²) in [6.45, 7) is 0. The van der Waals surface area contributed by atoms with Crippen LogP contribution < -0.4 is 4.74 Å². The van der Waals surface area contributed by atoms with E-state index in [2.05, 4.69) is 4.98 Å². The van der Waals surface area contributed by atoms with Gasteiger partial charge in [0.05, 0.1) is 0 Å². The molecule has 0 aliphatic heterocycles. The lowest BCUT2D eigenvalue weighted by Crippen LogP contribution is -1.94. The summed E-state index contributed by atoms with van der Waals surface area (Å²) in [5.74, 6) is 0.546. The molecular weight excluding hydrogens is 266 g/mol. The lowest BCUT2D eigenvalue weighted by atomic mass is 10.1. The van der Waals surface area contributed by atoms with Crippen molar-refractivity contribution in [1.82, 2.24) is 4.98 Å². The number of aromatic nitrogens is 1. The highest BCUT2D eigenvalue weighted by Crippen LogP contribution is 2.26. The minimum atomic E-state index is -0.967. The van der Waals surface area contributed by atoms with Crippen LogP contribution >= 0.6 is 0 Å². The maximum Gasteiger partial charge on any atom is 0.352 e. The molecule has 0 bridgehead atoms. The molecule has 1 aromatic heterocycles. The van der Waals surface area contributed by atoms with Crippen molar-refractivity contribution in [2.45, 2.75) is 0 Å². The van der Waals surface area contributed by atoms with E-state index in [9.17, 15) is 4.79 Å². The molecule has 0 spiro atoms. The Morgan fingerprint density at radius 1 is 0.905 bits per heavy atom. The lowest BCUT2D eigenvalue weighted by molar-refractivity contribution is 0.0691. The second-order valence-electron chi connectivity index (χ2n) is 4.55. The van der Waals surface area contributed by atoms with Crippen molar-refractivity contribution in [2.75, 3.05) is 0 Å². The van der Waals surface area contributed by atoms with Crippen LogP contribution in [0.25, 0.3) is 11.1 Å². The Hall–Kier alpha value is -3.01. The molecule has 0 aliphatic rings. The highest BCUT2D eigenvalue weighted by molar-refractivity contribution is 5.87. The number of H-pyrrole nitrogens is 1. The number of para-hydroxylation sites is 1. The summed E-state index contributed by atoms with van der Waals surface area (Å²) in [7, 11) is 0. The van der Waals surface area contributed by atoms with Gasteiger partial charge in [0.15, 0.2) is 0 Å². The molecule has 4 heteroatoms. The Morgan fingerprint density at radius 3 is 2.19 bits per heavy atom. The Balaban J connectivity index is 1.78. The highest BCUT2D eigenvalue weighted by atomic mass is 16.5. The number of hydrogen-bond donors (Lipinski definition) is 2. The van der Waals surface area contributed by atoms with Crippen molar-refractivity contribution < 1.29 is 14.6 Å². The fourth-order valence-corrected chi connectivity index (χ4v) is 2.02. The van der Waals surface area contributed by atoms with Gasteiger partial charge in [-0.05, 0) is 41.5 Å². The van der Waals surface area contributed by atoms with Crippen LogP contribution in [0, 0.1) is 0 Å². The van der Waals surface area contributed by atoms with Crippen LogP contribution in [0.4, 0.5) is 0 Å². The zero-order valence-corrected chi connectivity index (χ0v) is 11.1. The van der Waals surface area contributed by atoms with Crippen LogP contribution in [0.15, 0.2) is 66.9 Å². The second-order valence-corrected chi connectivity index (χ2v) is 4.55. The number of hydrogen-bond acceptors (Lipinski definition) is 2. The predicted molar refractivity (Wildman–Crippen MR) is 79.7 cm³/mol. The van der Waals surface area contributed by atoms with Crippen LogP contribution in [0.1, 0.15) is 10.5 Å². The van der Waals surface area contributed by atoms with E-state index in [-0.39, 0.29) is 5.69 Å². The van der Waals surface area contributed by atoms with Gasteiger partial charge >= 0.3 is 5.97 Å². The van der Waals surface area contributed by atoms with E-state index in [4.69, 9.17) is 9.84 Å². The average Bonchev–Trinajstić information content (AvgIpc) is 2.99. The largest absolute Gasteiger partial charge is 0.477 e. The molecule has 0 aliphatic carbocycles. The van der Waals surface area contributed by atoms with E-state index in [0.29, 0.717) is 0 Å². The van der Waals surface area contributed by atoms with Gasteiger partial charge in [-0.3, -0.25) is 0 Å². The summed E-state index contributed by atoms with van der Waals surface area (Å²) in [6, 6.07) is 18.6. The summed E-state index contributed by atoms with van der Waals surface area (Å²) in [5.41, 5.74) is 1.94. The first-order valence-electron chi connectivity index (χ1n) is 6.47. The van der Waals surface area contributed by atoms with E-state index < -0.39 is 5.97 Å². The molecular formula is C17H13NO3. The van der Waals surface area contributed by atoms with Gasteiger partial charge in [-0.2, -0.15) is 0 Å². The molecule has 3 rings (SSSR count). The summed E-state index contributed by atoms with van der Waals surface area (Å²) >= 11 is 0. The minimum absolute atomic E-state index is 0.176. The number of ether oxygens (including phenoxy) is 1. The van der Waals surface area contributed by atoms with Gasteiger partial charge in [-0.15, -0.1) is 0 Å². The highest BCUT2D eigenvalue weighted by Gasteiger charge is 2.07. The number of aromatic amines is 1. The maximum absolute atomic E-state index is 10.9. The van der Waals surface area contributed by atoms with E-state index in [1.54, 1.807) is 12.3 Å². The molecule has 0 radical (unpaired) electrons. The molecule has 4 nitrogen and oxygen atoms in total. The van der Waals surface area contributed by atoms with Gasteiger partial charge in [0.2, 0.25) is 0 Å². The number of aromatic carboxylic acids is 1. The first-order valence-corrected chi connectivity index (χ1v) is 6.47. The third kappa shape index (κ3) is 2.95. The van der Waals surface area contributed by atoms with E-state index >= 15 is 0 Å². The van der Waals surface area contributed by atoms with Crippen molar-refractivity contribution >= 4 is 5.97 Å². The quantitative estimate of drug-likeness (QED) is 0.753. The first-order chi connectivity index (χ1) is 10.2. The molecule has 0 atom stereocenters. The van der Waals surface area contributed by atoms with Crippen LogP contribution in [0.5, 0.6) is 11.5 Å². The van der Waals surface area contributed by atoms with Crippen LogP contribution in [-0.2, 0) is 0 Å². The van der Waals surface area contributed by atoms with E-state index in [1.165, 1.54) is 0 Å². The van der Waals surface area contributed by atoms with Gasteiger partial charge in [0.25, 0.3) is 0 Å². The lowest BCUT2D eigenvalue weighted by Gasteiger charge is -2.06. The van der Waals surface area contributed by atoms with Crippen molar-refractivity contribution in [2.24, 2.45) is 0 Å². The summed E-state index contributed by atoms with van der Waals surface area (Å²) < 4.78 is 5.71. The number of carbonyl (C=O) groups is 1. The smallest absolute Gasteiger partial charge is 0.352 e. The summed E-state index contributed by atoms with van der Waals surface area (Å²) in [6.07, 6.45) is 1.68. The van der Waals surface area contributed by atoms with Crippen molar-refractivity contribution in [1.29, 1.82) is 0 Å². The van der Waals surface area contributed by atoms with Gasteiger partial charge in [-0.1, -0.05) is 30.3 Å². The van der Waals surface area contributed by atoms with Gasteiger partial charge in [-0.25, -0.2) is 4.79 Å². The SMILES string of the molecule is O=C(O)c1cc(-c2ccc(Oc3ccccc3)cc2)c[nH]1. The molecule has 2 N–H and O–H groups in total. The molecule has 1 heterocycles. The minimum Gasteiger partial charge on any atom is -0.477 e. The van der Waals surface area contributed by atoms with Gasteiger partial charge < -0.3 is 14.8 Å². The molecule has 0 saturated carbocycles. The van der Waals surface area contributed by atoms with Crippen molar-refractivity contribution in [3.63, 3.8) is 0 Å². The fraction of sp³-hybridized carbons (Fsp3) is 0. The van der Waals surface area contributed by atoms with E-state index in [0.717, 1.165) is 22.6 Å². The van der Waals surface area contributed by atoms with Gasteiger partial charge in [0.1, 0.15) is 17.2 Å². The number of rotatable bonds is 4. The molecule has 2 aromatic carbocycles. The van der Waals surface area contributed by atoms with Crippen LogP contribution in [-0.4, -0.2) is 16.1 Å².